The predicted octanol–water partition coefficient (Wildman–Crippen LogP) is 2.75. The first-order valence-electron chi connectivity index (χ1n) is 6.92. The maximum absolute atomic E-state index is 9.06. The van der Waals surface area contributed by atoms with Crippen LogP contribution in [0.15, 0.2) is 42.5 Å². The Hall–Kier alpha value is -2.00. The molecule has 0 radical (unpaired) electrons. The van der Waals surface area contributed by atoms with E-state index < -0.39 is 0 Å². The molecule has 0 bridgehead atoms. The molecule has 3 nitrogen and oxygen atoms in total. The second-order valence-corrected chi connectivity index (χ2v) is 5.22. The Bertz CT molecular complexity index is 592. The smallest absolute Gasteiger partial charge is 0.122 e. The zero-order chi connectivity index (χ0) is 13.9. The first-order valence-corrected chi connectivity index (χ1v) is 6.92. The van der Waals surface area contributed by atoms with Crippen molar-refractivity contribution in [2.75, 3.05) is 18.6 Å². The molecule has 1 aliphatic heterocycles. The van der Waals surface area contributed by atoms with E-state index >= 15 is 0 Å². The minimum atomic E-state index is 0.0982. The molecule has 2 aromatic carbocycles. The fraction of sp³-hybridized carbons (Fsp3) is 0.294. The van der Waals surface area contributed by atoms with E-state index in [2.05, 4.69) is 42.3 Å². The molecular formula is C17H19NO2. The lowest BCUT2D eigenvalue weighted by atomic mass is 10.1. The van der Waals surface area contributed by atoms with E-state index in [9.17, 15) is 0 Å². The molecule has 1 N–H and O–H groups in total. The quantitative estimate of drug-likeness (QED) is 0.926. The second-order valence-electron chi connectivity index (χ2n) is 5.22. The van der Waals surface area contributed by atoms with Gasteiger partial charge in [0.2, 0.25) is 0 Å². The number of aliphatic hydroxyl groups is 1. The van der Waals surface area contributed by atoms with Crippen molar-refractivity contribution in [3.63, 3.8) is 0 Å². The molecule has 0 saturated heterocycles. The van der Waals surface area contributed by atoms with Crippen LogP contribution in [0.3, 0.4) is 0 Å². The van der Waals surface area contributed by atoms with Crippen LogP contribution < -0.4 is 9.64 Å². The molecule has 1 heterocycles. The molecule has 0 amide bonds. The molecule has 0 fully saturated rings. The summed E-state index contributed by atoms with van der Waals surface area (Å²) in [5.74, 6) is 1.02. The Morgan fingerprint density at radius 3 is 2.60 bits per heavy atom. The lowest BCUT2D eigenvalue weighted by molar-refractivity contribution is 0.282. The van der Waals surface area contributed by atoms with Gasteiger partial charge in [-0.05, 0) is 34.9 Å². The molecule has 0 aliphatic carbocycles. The number of fused-ring (bicyclic) bond motifs is 1. The van der Waals surface area contributed by atoms with Gasteiger partial charge >= 0.3 is 0 Å². The highest BCUT2D eigenvalue weighted by molar-refractivity contribution is 5.54. The molecule has 3 heteroatoms. The van der Waals surface area contributed by atoms with Crippen LogP contribution in [0.2, 0.25) is 0 Å². The average Bonchev–Trinajstić information content (AvgIpc) is 2.95. The van der Waals surface area contributed by atoms with Crippen molar-refractivity contribution >= 4 is 5.69 Å². The third-order valence-electron chi connectivity index (χ3n) is 3.74. The summed E-state index contributed by atoms with van der Waals surface area (Å²) in [6.07, 6.45) is 1.00. The van der Waals surface area contributed by atoms with E-state index in [0.717, 1.165) is 30.9 Å². The number of aliphatic hydroxyl groups excluding tert-OH is 1. The Morgan fingerprint density at radius 1 is 1.10 bits per heavy atom. The Balaban J connectivity index is 1.73. The Kier molecular flexibility index (Phi) is 3.61. The molecule has 3 rings (SSSR count). The molecule has 2 aromatic rings. The molecule has 0 saturated carbocycles. The molecule has 20 heavy (non-hydrogen) atoms. The first-order chi connectivity index (χ1) is 9.76. The van der Waals surface area contributed by atoms with Crippen LogP contribution in [0.25, 0.3) is 0 Å². The lowest BCUT2D eigenvalue weighted by Gasteiger charge is -2.20. The van der Waals surface area contributed by atoms with Gasteiger partial charge in [-0.2, -0.15) is 0 Å². The maximum Gasteiger partial charge on any atom is 0.122 e. The Morgan fingerprint density at radius 2 is 1.85 bits per heavy atom. The largest absolute Gasteiger partial charge is 0.493 e. The third-order valence-corrected chi connectivity index (χ3v) is 3.74. The van der Waals surface area contributed by atoms with Crippen LogP contribution >= 0.6 is 0 Å². The van der Waals surface area contributed by atoms with Crippen LogP contribution in [0.5, 0.6) is 5.75 Å². The number of hydrogen-bond donors (Lipinski definition) is 1. The van der Waals surface area contributed by atoms with Gasteiger partial charge in [0.05, 0.1) is 13.2 Å². The standard InChI is InChI=1S/C17H19NO2/c1-18(11-13-2-4-14(12-19)5-3-13)16-6-7-17-15(10-16)8-9-20-17/h2-7,10,19H,8-9,11-12H2,1H3. The van der Waals surface area contributed by atoms with Crippen molar-refractivity contribution in [3.8, 4) is 5.75 Å². The van der Waals surface area contributed by atoms with Gasteiger partial charge in [0, 0.05) is 25.7 Å². The van der Waals surface area contributed by atoms with Gasteiger partial charge in [0.15, 0.2) is 0 Å². The van der Waals surface area contributed by atoms with Crippen molar-refractivity contribution in [2.45, 2.75) is 19.6 Å². The van der Waals surface area contributed by atoms with Gasteiger partial charge in [-0.25, -0.2) is 0 Å². The molecule has 0 aromatic heterocycles. The molecule has 0 spiro atoms. The van der Waals surface area contributed by atoms with Crippen LogP contribution in [-0.2, 0) is 19.6 Å². The minimum Gasteiger partial charge on any atom is -0.493 e. The first kappa shape index (κ1) is 13.0. The topological polar surface area (TPSA) is 32.7 Å². The monoisotopic (exact) mass is 269 g/mol. The molecule has 1 aliphatic rings. The predicted molar refractivity (Wildman–Crippen MR) is 80.1 cm³/mol. The maximum atomic E-state index is 9.06. The number of benzene rings is 2. The summed E-state index contributed by atoms with van der Waals surface area (Å²) >= 11 is 0. The number of hydrogen-bond acceptors (Lipinski definition) is 3. The van der Waals surface area contributed by atoms with Gasteiger partial charge < -0.3 is 14.7 Å². The molecule has 0 unspecified atom stereocenters. The highest BCUT2D eigenvalue weighted by Gasteiger charge is 2.13. The normalized spacial score (nSPS) is 12.9. The third kappa shape index (κ3) is 2.63. The Labute approximate surface area is 119 Å². The van der Waals surface area contributed by atoms with E-state index in [1.807, 2.05) is 12.1 Å². The van der Waals surface area contributed by atoms with Gasteiger partial charge in [0.25, 0.3) is 0 Å². The van der Waals surface area contributed by atoms with Crippen molar-refractivity contribution < 1.29 is 9.84 Å². The lowest BCUT2D eigenvalue weighted by Crippen LogP contribution is -2.16. The minimum absolute atomic E-state index is 0.0982. The van der Waals surface area contributed by atoms with Gasteiger partial charge in [-0.1, -0.05) is 24.3 Å². The van der Waals surface area contributed by atoms with E-state index in [0.29, 0.717) is 0 Å². The van der Waals surface area contributed by atoms with E-state index in [1.165, 1.54) is 16.8 Å². The highest BCUT2D eigenvalue weighted by atomic mass is 16.5. The van der Waals surface area contributed by atoms with Gasteiger partial charge in [0.1, 0.15) is 5.75 Å². The number of nitrogens with zero attached hydrogens (tertiary/aromatic N) is 1. The fourth-order valence-corrected chi connectivity index (χ4v) is 2.53. The van der Waals surface area contributed by atoms with E-state index in [4.69, 9.17) is 9.84 Å². The van der Waals surface area contributed by atoms with Gasteiger partial charge in [-0.3, -0.25) is 0 Å². The summed E-state index contributed by atoms with van der Waals surface area (Å²) in [7, 11) is 2.09. The summed E-state index contributed by atoms with van der Waals surface area (Å²) in [5, 5.41) is 9.06. The summed E-state index contributed by atoms with van der Waals surface area (Å²) in [6, 6.07) is 14.5. The van der Waals surface area contributed by atoms with Crippen molar-refractivity contribution in [3.05, 3.63) is 59.2 Å². The van der Waals surface area contributed by atoms with E-state index in [1.54, 1.807) is 0 Å². The number of rotatable bonds is 4. The SMILES string of the molecule is CN(Cc1ccc(CO)cc1)c1ccc2c(c1)CCO2. The number of ether oxygens (including phenoxy) is 1. The van der Waals surface area contributed by atoms with Crippen LogP contribution in [0, 0.1) is 0 Å². The molecular weight excluding hydrogens is 250 g/mol. The average molecular weight is 269 g/mol. The van der Waals surface area contributed by atoms with E-state index in [-0.39, 0.29) is 6.61 Å². The van der Waals surface area contributed by atoms with Crippen LogP contribution in [0.1, 0.15) is 16.7 Å². The fourth-order valence-electron chi connectivity index (χ4n) is 2.53. The number of anilines is 1. The zero-order valence-corrected chi connectivity index (χ0v) is 11.7. The van der Waals surface area contributed by atoms with Crippen molar-refractivity contribution in [1.82, 2.24) is 0 Å². The van der Waals surface area contributed by atoms with Crippen LogP contribution in [0.4, 0.5) is 5.69 Å². The summed E-state index contributed by atoms with van der Waals surface area (Å²) in [5.41, 5.74) is 4.69. The molecule has 104 valence electrons. The van der Waals surface area contributed by atoms with Crippen molar-refractivity contribution in [2.24, 2.45) is 0 Å². The highest BCUT2D eigenvalue weighted by Crippen LogP contribution is 2.29. The summed E-state index contributed by atoms with van der Waals surface area (Å²) in [4.78, 5) is 2.23. The van der Waals surface area contributed by atoms with Gasteiger partial charge in [-0.15, -0.1) is 0 Å². The zero-order valence-electron chi connectivity index (χ0n) is 11.7. The summed E-state index contributed by atoms with van der Waals surface area (Å²) < 4.78 is 5.53. The summed E-state index contributed by atoms with van der Waals surface area (Å²) in [6.45, 7) is 1.75. The second kappa shape index (κ2) is 5.55. The molecule has 0 atom stereocenters. The van der Waals surface area contributed by atoms with Crippen molar-refractivity contribution in [1.29, 1.82) is 0 Å². The van der Waals surface area contributed by atoms with Crippen LogP contribution in [-0.4, -0.2) is 18.8 Å².